The number of hydrogen-bond donors (Lipinski definition) is 3. The van der Waals surface area contributed by atoms with Gasteiger partial charge in [-0.05, 0) is 48.2 Å². The first-order chi connectivity index (χ1) is 12.8. The number of rotatable bonds is 8. The van der Waals surface area contributed by atoms with Gasteiger partial charge in [0.15, 0.2) is 0 Å². The lowest BCUT2D eigenvalue weighted by Gasteiger charge is -2.30. The highest BCUT2D eigenvalue weighted by atomic mass is 32.2. The van der Waals surface area contributed by atoms with Gasteiger partial charge in [0.05, 0.1) is 4.90 Å². The van der Waals surface area contributed by atoms with Gasteiger partial charge in [-0.3, -0.25) is 15.0 Å². The molecule has 8 nitrogen and oxygen atoms in total. The Balaban J connectivity index is 2.53. The summed E-state index contributed by atoms with van der Waals surface area (Å²) in [6.45, 7) is 3.61. The smallest absolute Gasteiger partial charge is 0.261 e. The molecule has 1 aromatic carbocycles. The van der Waals surface area contributed by atoms with Crippen LogP contribution in [0.3, 0.4) is 0 Å². The third-order valence-electron chi connectivity index (χ3n) is 3.96. The molecule has 0 aliphatic carbocycles. The molecule has 2 aromatic rings. The molecule has 1 aromatic heterocycles. The summed E-state index contributed by atoms with van der Waals surface area (Å²) in [5.74, 6) is -0.881. The van der Waals surface area contributed by atoms with Crippen LogP contribution in [0.25, 0.3) is 0 Å². The van der Waals surface area contributed by atoms with E-state index < -0.39 is 22.0 Å². The zero-order valence-corrected chi connectivity index (χ0v) is 15.9. The van der Waals surface area contributed by atoms with Crippen LogP contribution in [0, 0.1) is 5.92 Å². The fraction of sp³-hybridized carbons (Fsp3) is 0.333. The maximum atomic E-state index is 13.3. The molecule has 0 saturated heterocycles. The second kappa shape index (κ2) is 8.94. The maximum Gasteiger partial charge on any atom is 0.261 e. The number of hydrogen-bond acceptors (Lipinski definition) is 6. The topological polar surface area (TPSA) is 120 Å². The molecule has 1 heterocycles. The van der Waals surface area contributed by atoms with E-state index in [0.717, 1.165) is 4.31 Å². The van der Waals surface area contributed by atoms with Crippen LogP contribution in [0.2, 0.25) is 0 Å². The number of aromatic hydroxyl groups is 1. The van der Waals surface area contributed by atoms with E-state index in [0.29, 0.717) is 5.56 Å². The Morgan fingerprint density at radius 3 is 2.41 bits per heavy atom. The lowest BCUT2D eigenvalue weighted by atomic mass is 10.0. The van der Waals surface area contributed by atoms with E-state index >= 15 is 0 Å². The molecule has 2 rings (SSSR count). The Kier molecular flexibility index (Phi) is 6.89. The Hall–Kier alpha value is -2.49. The normalized spacial score (nSPS) is 12.9. The highest BCUT2D eigenvalue weighted by molar-refractivity contribution is 7.89. The summed E-state index contributed by atoms with van der Waals surface area (Å²) in [6, 6.07) is 7.32. The van der Waals surface area contributed by atoms with Gasteiger partial charge in [-0.2, -0.15) is 4.31 Å². The first-order valence-electron chi connectivity index (χ1n) is 8.39. The molecule has 0 fully saturated rings. The molecule has 1 amide bonds. The fourth-order valence-corrected chi connectivity index (χ4v) is 4.25. The second-order valence-electron chi connectivity index (χ2n) is 6.53. The summed E-state index contributed by atoms with van der Waals surface area (Å²) < 4.78 is 27.6. The number of hydroxylamine groups is 1. The number of carbonyl (C=O) groups excluding carboxylic acids is 1. The van der Waals surface area contributed by atoms with Crippen molar-refractivity contribution in [2.75, 3.05) is 0 Å². The van der Waals surface area contributed by atoms with E-state index in [9.17, 15) is 18.3 Å². The lowest BCUT2D eigenvalue weighted by Crippen LogP contribution is -2.49. The monoisotopic (exact) mass is 393 g/mol. The van der Waals surface area contributed by atoms with Crippen LogP contribution in [0.1, 0.15) is 25.8 Å². The van der Waals surface area contributed by atoms with Gasteiger partial charge in [0.2, 0.25) is 10.0 Å². The van der Waals surface area contributed by atoms with E-state index in [1.807, 2.05) is 13.8 Å². The van der Waals surface area contributed by atoms with E-state index in [1.54, 1.807) is 23.8 Å². The number of pyridine rings is 1. The number of carbonyl (C=O) groups is 1. The Morgan fingerprint density at radius 1 is 1.22 bits per heavy atom. The molecule has 146 valence electrons. The van der Waals surface area contributed by atoms with Gasteiger partial charge in [-0.15, -0.1) is 0 Å². The number of nitrogens with one attached hydrogen (secondary N) is 1. The highest BCUT2D eigenvalue weighted by Crippen LogP contribution is 2.25. The summed E-state index contributed by atoms with van der Waals surface area (Å²) >= 11 is 0. The standard InChI is InChI=1S/C18H23N3O5S/c1-13(2)10-17(18(23)20-24)21(12-14-4-3-9-19-11-14)27(25,26)16-7-5-15(22)6-8-16/h3-9,11,13,17,22,24H,10,12H2,1-2H3,(H,20,23)/t17-/m1/s1. The molecule has 0 spiro atoms. The van der Waals surface area contributed by atoms with E-state index in [4.69, 9.17) is 5.21 Å². The molecule has 0 aliphatic rings. The predicted octanol–water partition coefficient (Wildman–Crippen LogP) is 1.90. The number of benzene rings is 1. The van der Waals surface area contributed by atoms with Crippen molar-refractivity contribution >= 4 is 15.9 Å². The minimum atomic E-state index is -4.09. The van der Waals surface area contributed by atoms with Gasteiger partial charge in [0, 0.05) is 18.9 Å². The Bertz CT molecular complexity index is 854. The van der Waals surface area contributed by atoms with Crippen molar-refractivity contribution < 1.29 is 23.5 Å². The van der Waals surface area contributed by atoms with Crippen LogP contribution in [-0.2, 0) is 21.4 Å². The van der Waals surface area contributed by atoms with Crippen molar-refractivity contribution in [1.82, 2.24) is 14.8 Å². The highest BCUT2D eigenvalue weighted by Gasteiger charge is 2.36. The van der Waals surface area contributed by atoms with Crippen molar-refractivity contribution in [1.29, 1.82) is 0 Å². The molecule has 0 aliphatic heterocycles. The third-order valence-corrected chi connectivity index (χ3v) is 5.83. The molecular weight excluding hydrogens is 370 g/mol. The van der Waals surface area contributed by atoms with Gasteiger partial charge >= 0.3 is 0 Å². The fourth-order valence-electron chi connectivity index (χ4n) is 2.66. The first-order valence-corrected chi connectivity index (χ1v) is 9.83. The summed E-state index contributed by atoms with van der Waals surface area (Å²) in [5, 5.41) is 18.6. The van der Waals surface area contributed by atoms with Gasteiger partial charge in [0.25, 0.3) is 5.91 Å². The van der Waals surface area contributed by atoms with E-state index in [2.05, 4.69) is 4.98 Å². The van der Waals surface area contributed by atoms with Crippen molar-refractivity contribution in [3.63, 3.8) is 0 Å². The van der Waals surface area contributed by atoms with Gasteiger partial charge in [-0.25, -0.2) is 13.9 Å². The van der Waals surface area contributed by atoms with Crippen LogP contribution in [0.4, 0.5) is 0 Å². The molecule has 0 unspecified atom stereocenters. The molecule has 0 bridgehead atoms. The maximum absolute atomic E-state index is 13.3. The molecule has 1 atom stereocenters. The number of amides is 1. The van der Waals surface area contributed by atoms with Crippen LogP contribution in [0.15, 0.2) is 53.7 Å². The van der Waals surface area contributed by atoms with Gasteiger partial charge in [-0.1, -0.05) is 19.9 Å². The Morgan fingerprint density at radius 2 is 1.89 bits per heavy atom. The molecule has 27 heavy (non-hydrogen) atoms. The average molecular weight is 393 g/mol. The quantitative estimate of drug-likeness (QED) is 0.465. The van der Waals surface area contributed by atoms with Crippen LogP contribution in [-0.4, -0.2) is 40.0 Å². The zero-order chi connectivity index (χ0) is 20.0. The van der Waals surface area contributed by atoms with E-state index in [-0.39, 0.29) is 29.5 Å². The van der Waals surface area contributed by atoms with Crippen LogP contribution in [0.5, 0.6) is 5.75 Å². The number of nitrogens with zero attached hydrogens (tertiary/aromatic N) is 2. The number of aromatic nitrogens is 1. The van der Waals surface area contributed by atoms with Crippen molar-refractivity contribution in [2.45, 2.75) is 37.8 Å². The molecule has 3 N–H and O–H groups in total. The number of sulfonamides is 1. The number of phenols is 1. The minimum Gasteiger partial charge on any atom is -0.508 e. The van der Waals surface area contributed by atoms with Crippen molar-refractivity contribution in [3.8, 4) is 5.75 Å². The van der Waals surface area contributed by atoms with Crippen LogP contribution < -0.4 is 5.48 Å². The molecule has 0 radical (unpaired) electrons. The molecular formula is C18H23N3O5S. The van der Waals surface area contributed by atoms with Gasteiger partial charge in [0.1, 0.15) is 11.8 Å². The van der Waals surface area contributed by atoms with E-state index in [1.165, 1.54) is 30.5 Å². The molecule has 9 heteroatoms. The third kappa shape index (κ3) is 5.25. The molecule has 0 saturated carbocycles. The van der Waals surface area contributed by atoms with Gasteiger partial charge < -0.3 is 5.11 Å². The number of phenolic OH excluding ortho intramolecular Hbond substituents is 1. The van der Waals surface area contributed by atoms with Crippen molar-refractivity contribution in [3.05, 3.63) is 54.4 Å². The average Bonchev–Trinajstić information content (AvgIpc) is 2.64. The summed E-state index contributed by atoms with van der Waals surface area (Å²) in [5.41, 5.74) is 2.17. The lowest BCUT2D eigenvalue weighted by molar-refractivity contribution is -0.133. The summed E-state index contributed by atoms with van der Waals surface area (Å²) in [6.07, 6.45) is 3.29. The zero-order valence-electron chi connectivity index (χ0n) is 15.1. The largest absolute Gasteiger partial charge is 0.508 e. The summed E-state index contributed by atoms with van der Waals surface area (Å²) in [7, 11) is -4.09. The SMILES string of the molecule is CC(C)C[C@H](C(=O)NO)N(Cc1cccnc1)S(=O)(=O)c1ccc(O)cc1. The Labute approximate surface area is 158 Å². The minimum absolute atomic E-state index is 0.00119. The second-order valence-corrected chi connectivity index (χ2v) is 8.42. The first kappa shape index (κ1) is 20.8. The van der Waals surface area contributed by atoms with Crippen LogP contribution >= 0.6 is 0 Å². The van der Waals surface area contributed by atoms with Crippen molar-refractivity contribution in [2.24, 2.45) is 5.92 Å². The predicted molar refractivity (Wildman–Crippen MR) is 98.2 cm³/mol. The summed E-state index contributed by atoms with van der Waals surface area (Å²) in [4.78, 5) is 16.2.